The molecule has 0 bridgehead atoms. The molecule has 3 nitrogen and oxygen atoms in total. The molecule has 0 spiro atoms. The summed E-state index contributed by atoms with van der Waals surface area (Å²) in [5, 5.41) is 3.33. The summed E-state index contributed by atoms with van der Waals surface area (Å²) < 4.78 is 10.1. The van der Waals surface area contributed by atoms with Crippen LogP contribution in [0.2, 0.25) is 0 Å². The maximum Gasteiger partial charge on any atom is 0.119 e. The molecule has 0 unspecified atom stereocenters. The Bertz CT molecular complexity index is 313. The summed E-state index contributed by atoms with van der Waals surface area (Å²) in [5.74, 6) is 0.925. The smallest absolute Gasteiger partial charge is 0.119 e. The van der Waals surface area contributed by atoms with Gasteiger partial charge in [-0.25, -0.2) is 0 Å². The van der Waals surface area contributed by atoms with Crippen molar-refractivity contribution in [2.45, 2.75) is 13.3 Å². The lowest BCUT2D eigenvalue weighted by Crippen LogP contribution is -2.21. The lowest BCUT2D eigenvalue weighted by Gasteiger charge is -2.08. The molecule has 3 heteroatoms. The van der Waals surface area contributed by atoms with E-state index < -0.39 is 0 Å². The third-order valence-corrected chi connectivity index (χ3v) is 2.60. The van der Waals surface area contributed by atoms with Crippen LogP contribution in [0.25, 0.3) is 0 Å². The van der Waals surface area contributed by atoms with Crippen LogP contribution >= 0.6 is 0 Å². The Balaban J connectivity index is 2.36. The van der Waals surface area contributed by atoms with Gasteiger partial charge in [-0.2, -0.15) is 0 Å². The van der Waals surface area contributed by atoms with Crippen LogP contribution in [0.1, 0.15) is 11.1 Å². The minimum absolute atomic E-state index is 0.765. The van der Waals surface area contributed by atoms with Crippen LogP contribution in [-0.4, -0.2) is 33.9 Å². The van der Waals surface area contributed by atoms with Crippen molar-refractivity contribution >= 4 is 0 Å². The van der Waals surface area contributed by atoms with Crippen LogP contribution in [0.15, 0.2) is 18.2 Å². The summed E-state index contributed by atoms with van der Waals surface area (Å²) in [7, 11) is 3.41. The second kappa shape index (κ2) is 7.25. The van der Waals surface area contributed by atoms with Crippen LogP contribution in [0, 0.1) is 6.92 Å². The summed E-state index contributed by atoms with van der Waals surface area (Å²) in [6, 6.07) is 6.22. The second-order valence-electron chi connectivity index (χ2n) is 3.79. The highest BCUT2D eigenvalue weighted by atomic mass is 16.5. The van der Waals surface area contributed by atoms with E-state index in [0.29, 0.717) is 0 Å². The number of hydrogen-bond acceptors (Lipinski definition) is 3. The van der Waals surface area contributed by atoms with Gasteiger partial charge in [-0.1, -0.05) is 6.07 Å². The minimum atomic E-state index is 0.765. The highest BCUT2D eigenvalue weighted by Gasteiger charge is 1.99. The summed E-state index contributed by atoms with van der Waals surface area (Å²) >= 11 is 0. The molecule has 1 N–H and O–H groups in total. The van der Waals surface area contributed by atoms with E-state index >= 15 is 0 Å². The Hall–Kier alpha value is -1.06. The molecule has 1 aromatic carbocycles. The molecule has 0 heterocycles. The number of aryl methyl sites for hydroxylation is 1. The fourth-order valence-electron chi connectivity index (χ4n) is 1.60. The van der Waals surface area contributed by atoms with E-state index in [1.54, 1.807) is 14.2 Å². The van der Waals surface area contributed by atoms with Crippen molar-refractivity contribution in [1.29, 1.82) is 0 Å². The highest BCUT2D eigenvalue weighted by Crippen LogP contribution is 2.16. The SMILES string of the molecule is COCCNCCc1ccc(OC)cc1C. The fourth-order valence-corrected chi connectivity index (χ4v) is 1.60. The quantitative estimate of drug-likeness (QED) is 0.715. The molecule has 1 aromatic rings. The Labute approximate surface area is 97.8 Å². The van der Waals surface area contributed by atoms with E-state index in [9.17, 15) is 0 Å². The Morgan fingerprint density at radius 2 is 2.00 bits per heavy atom. The summed E-state index contributed by atoms with van der Waals surface area (Å²) in [5.41, 5.74) is 2.65. The van der Waals surface area contributed by atoms with Gasteiger partial charge in [-0.05, 0) is 43.1 Å². The van der Waals surface area contributed by atoms with Crippen molar-refractivity contribution in [1.82, 2.24) is 5.32 Å². The van der Waals surface area contributed by atoms with Crippen molar-refractivity contribution < 1.29 is 9.47 Å². The lowest BCUT2D eigenvalue weighted by molar-refractivity contribution is 0.199. The van der Waals surface area contributed by atoms with Crippen LogP contribution in [0.4, 0.5) is 0 Å². The largest absolute Gasteiger partial charge is 0.497 e. The molecule has 0 saturated carbocycles. The van der Waals surface area contributed by atoms with Crippen LogP contribution in [-0.2, 0) is 11.2 Å². The van der Waals surface area contributed by atoms with Gasteiger partial charge >= 0.3 is 0 Å². The third kappa shape index (κ3) is 4.21. The average Bonchev–Trinajstić information content (AvgIpc) is 2.30. The Kier molecular flexibility index (Phi) is 5.90. The van der Waals surface area contributed by atoms with Crippen LogP contribution in [0.3, 0.4) is 0 Å². The molecular formula is C13H21NO2. The van der Waals surface area contributed by atoms with Gasteiger partial charge in [0.2, 0.25) is 0 Å². The number of nitrogens with one attached hydrogen (secondary N) is 1. The number of benzene rings is 1. The van der Waals surface area contributed by atoms with Crippen molar-refractivity contribution in [3.63, 3.8) is 0 Å². The average molecular weight is 223 g/mol. The van der Waals surface area contributed by atoms with E-state index in [2.05, 4.69) is 24.4 Å². The van der Waals surface area contributed by atoms with Gasteiger partial charge in [-0.15, -0.1) is 0 Å². The first-order valence-corrected chi connectivity index (χ1v) is 5.61. The molecule has 0 aromatic heterocycles. The predicted octanol–water partition coefficient (Wildman–Crippen LogP) is 1.78. The molecule has 0 atom stereocenters. The molecule has 0 radical (unpaired) electrons. The van der Waals surface area contributed by atoms with Crippen molar-refractivity contribution in [3.05, 3.63) is 29.3 Å². The van der Waals surface area contributed by atoms with E-state index in [1.807, 2.05) is 6.07 Å². The maximum absolute atomic E-state index is 5.18. The zero-order valence-corrected chi connectivity index (χ0v) is 10.4. The van der Waals surface area contributed by atoms with Gasteiger partial charge in [0.1, 0.15) is 5.75 Å². The predicted molar refractivity (Wildman–Crippen MR) is 66.2 cm³/mol. The monoisotopic (exact) mass is 223 g/mol. The van der Waals surface area contributed by atoms with Crippen molar-refractivity contribution in [2.75, 3.05) is 33.9 Å². The molecule has 0 aliphatic rings. The molecule has 90 valence electrons. The number of methoxy groups -OCH3 is 2. The van der Waals surface area contributed by atoms with E-state index in [-0.39, 0.29) is 0 Å². The molecule has 0 saturated heterocycles. The Morgan fingerprint density at radius 3 is 2.62 bits per heavy atom. The Morgan fingerprint density at radius 1 is 1.19 bits per heavy atom. The van der Waals surface area contributed by atoms with Gasteiger partial charge < -0.3 is 14.8 Å². The van der Waals surface area contributed by atoms with Crippen molar-refractivity contribution in [3.8, 4) is 5.75 Å². The lowest BCUT2D eigenvalue weighted by atomic mass is 10.1. The van der Waals surface area contributed by atoms with Gasteiger partial charge in [-0.3, -0.25) is 0 Å². The third-order valence-electron chi connectivity index (χ3n) is 2.60. The molecule has 0 aliphatic heterocycles. The summed E-state index contributed by atoms with van der Waals surface area (Å²) in [6.45, 7) is 4.77. The van der Waals surface area contributed by atoms with Crippen molar-refractivity contribution in [2.24, 2.45) is 0 Å². The molecule has 1 rings (SSSR count). The molecule has 0 fully saturated rings. The standard InChI is InChI=1S/C13H21NO2/c1-11-10-13(16-3)5-4-12(11)6-7-14-8-9-15-2/h4-5,10,14H,6-9H2,1-3H3. The van der Waals surface area contributed by atoms with Crippen LogP contribution < -0.4 is 10.1 Å². The maximum atomic E-state index is 5.18. The topological polar surface area (TPSA) is 30.5 Å². The second-order valence-corrected chi connectivity index (χ2v) is 3.79. The summed E-state index contributed by atoms with van der Waals surface area (Å²) in [6.07, 6.45) is 1.04. The number of ether oxygens (including phenoxy) is 2. The molecule has 0 aliphatic carbocycles. The van der Waals surface area contributed by atoms with Gasteiger partial charge in [0.25, 0.3) is 0 Å². The zero-order valence-electron chi connectivity index (χ0n) is 10.4. The first-order valence-electron chi connectivity index (χ1n) is 5.61. The van der Waals surface area contributed by atoms with E-state index in [0.717, 1.165) is 31.9 Å². The van der Waals surface area contributed by atoms with E-state index in [4.69, 9.17) is 9.47 Å². The molecule has 16 heavy (non-hydrogen) atoms. The number of rotatable bonds is 7. The van der Waals surface area contributed by atoms with Crippen LogP contribution in [0.5, 0.6) is 5.75 Å². The molecule has 0 amide bonds. The fraction of sp³-hybridized carbons (Fsp3) is 0.538. The zero-order chi connectivity index (χ0) is 11.8. The van der Waals surface area contributed by atoms with Gasteiger partial charge in [0, 0.05) is 13.7 Å². The van der Waals surface area contributed by atoms with Gasteiger partial charge in [0.05, 0.1) is 13.7 Å². The highest BCUT2D eigenvalue weighted by molar-refractivity contribution is 5.34. The van der Waals surface area contributed by atoms with E-state index in [1.165, 1.54) is 11.1 Å². The molecular weight excluding hydrogens is 202 g/mol. The first kappa shape index (κ1) is 13.0. The number of hydrogen-bond donors (Lipinski definition) is 1. The normalized spacial score (nSPS) is 10.4. The summed E-state index contributed by atoms with van der Waals surface area (Å²) in [4.78, 5) is 0. The van der Waals surface area contributed by atoms with Gasteiger partial charge in [0.15, 0.2) is 0 Å². The first-order chi connectivity index (χ1) is 7.77. The minimum Gasteiger partial charge on any atom is -0.497 e.